The molecule has 0 aliphatic rings. The van der Waals surface area contributed by atoms with Crippen LogP contribution in [-0.2, 0) is 0 Å². The Labute approximate surface area is 141 Å². The molecule has 1 N–H and O–H groups in total. The normalized spacial score (nSPS) is 10.4. The highest BCUT2D eigenvalue weighted by Crippen LogP contribution is 2.23. The van der Waals surface area contributed by atoms with Crippen LogP contribution in [0.4, 0.5) is 0 Å². The summed E-state index contributed by atoms with van der Waals surface area (Å²) in [6.07, 6.45) is 0. The number of carboxylic acids is 1. The van der Waals surface area contributed by atoms with Gasteiger partial charge < -0.3 is 9.84 Å². The van der Waals surface area contributed by atoms with Gasteiger partial charge in [-0.05, 0) is 59.8 Å². The molecule has 0 aliphatic carbocycles. The fourth-order valence-corrected chi connectivity index (χ4v) is 2.91. The molecule has 0 heterocycles. The van der Waals surface area contributed by atoms with Crippen molar-refractivity contribution >= 4 is 40.3 Å². The van der Waals surface area contributed by atoms with Gasteiger partial charge in [0.05, 0.1) is 15.7 Å². The van der Waals surface area contributed by atoms with E-state index in [2.05, 4.69) is 53.8 Å². The molecule has 0 saturated heterocycles. The third kappa shape index (κ3) is 4.93. The average molecular weight is 414 g/mol. The Morgan fingerprint density at radius 2 is 1.95 bits per heavy atom. The first-order chi connectivity index (χ1) is 10.1. The molecule has 0 aromatic heterocycles. The summed E-state index contributed by atoms with van der Waals surface area (Å²) in [5.41, 5.74) is 1.49. The zero-order valence-corrected chi connectivity index (χ0v) is 14.5. The van der Waals surface area contributed by atoms with Gasteiger partial charge in [0.2, 0.25) is 0 Å². The number of aryl methyl sites for hydroxylation is 1. The highest BCUT2D eigenvalue weighted by atomic mass is 127. The Morgan fingerprint density at radius 3 is 2.62 bits per heavy atom. The number of hydrogen-bond acceptors (Lipinski definition) is 3. The summed E-state index contributed by atoms with van der Waals surface area (Å²) < 4.78 is 6.60. The summed E-state index contributed by atoms with van der Waals surface area (Å²) in [5.74, 6) is 0.501. The molecule has 3 nitrogen and oxygen atoms in total. The molecule has 2 aromatic rings. The predicted molar refractivity (Wildman–Crippen MR) is 93.5 cm³/mol. The lowest BCUT2D eigenvalue weighted by atomic mass is 10.2. The molecular weight excluding hydrogens is 399 g/mol. The van der Waals surface area contributed by atoms with Gasteiger partial charge in [-0.2, -0.15) is 0 Å². The van der Waals surface area contributed by atoms with E-state index in [0.29, 0.717) is 12.4 Å². The molecule has 0 aliphatic heterocycles. The molecule has 2 rings (SSSR count). The molecule has 0 saturated carbocycles. The molecule has 110 valence electrons. The van der Waals surface area contributed by atoms with E-state index in [1.807, 2.05) is 0 Å². The number of aromatic carboxylic acids is 1. The van der Waals surface area contributed by atoms with Gasteiger partial charge in [-0.25, -0.2) is 4.79 Å². The maximum Gasteiger partial charge on any atom is 0.335 e. The van der Waals surface area contributed by atoms with Crippen LogP contribution in [0, 0.1) is 10.5 Å². The van der Waals surface area contributed by atoms with Gasteiger partial charge in [0.15, 0.2) is 0 Å². The second kappa shape index (κ2) is 7.70. The van der Waals surface area contributed by atoms with Crippen LogP contribution >= 0.6 is 34.4 Å². The van der Waals surface area contributed by atoms with Gasteiger partial charge in [-0.3, -0.25) is 0 Å². The van der Waals surface area contributed by atoms with E-state index < -0.39 is 5.97 Å². The largest absolute Gasteiger partial charge is 0.492 e. The highest BCUT2D eigenvalue weighted by Gasteiger charge is 2.07. The first-order valence-electron chi connectivity index (χ1n) is 6.41. The minimum atomic E-state index is -0.940. The van der Waals surface area contributed by atoms with Crippen molar-refractivity contribution in [1.29, 1.82) is 0 Å². The number of carboxylic acid groups (broad SMARTS) is 1. The van der Waals surface area contributed by atoms with Crippen LogP contribution in [0.2, 0.25) is 0 Å². The average Bonchev–Trinajstić information content (AvgIpc) is 2.47. The third-order valence-electron chi connectivity index (χ3n) is 2.81. The minimum Gasteiger partial charge on any atom is -0.492 e. The lowest BCUT2D eigenvalue weighted by Gasteiger charge is -2.09. The van der Waals surface area contributed by atoms with Gasteiger partial charge in [0.1, 0.15) is 5.75 Å². The van der Waals surface area contributed by atoms with Crippen LogP contribution < -0.4 is 4.74 Å². The monoisotopic (exact) mass is 414 g/mol. The van der Waals surface area contributed by atoms with Crippen molar-refractivity contribution in [2.45, 2.75) is 11.8 Å². The van der Waals surface area contributed by atoms with Gasteiger partial charge in [0, 0.05) is 10.6 Å². The number of rotatable bonds is 6. The van der Waals surface area contributed by atoms with E-state index in [1.54, 1.807) is 30.0 Å². The molecule has 0 amide bonds. The number of ether oxygens (including phenoxy) is 1. The summed E-state index contributed by atoms with van der Waals surface area (Å²) in [6.45, 7) is 2.60. The lowest BCUT2D eigenvalue weighted by Crippen LogP contribution is -2.03. The minimum absolute atomic E-state index is 0.247. The number of halogens is 1. The molecule has 2 aromatic carbocycles. The van der Waals surface area contributed by atoms with E-state index >= 15 is 0 Å². The second-order valence-corrected chi connectivity index (χ2v) is 6.79. The Balaban J connectivity index is 1.87. The van der Waals surface area contributed by atoms with Crippen LogP contribution in [0.15, 0.2) is 47.4 Å². The molecule has 0 fully saturated rings. The Kier molecular flexibility index (Phi) is 5.93. The Hall–Kier alpha value is -1.21. The van der Waals surface area contributed by atoms with E-state index in [1.165, 1.54) is 10.5 Å². The number of hydrogen-bond donors (Lipinski definition) is 1. The fraction of sp³-hybridized carbons (Fsp3) is 0.188. The maximum atomic E-state index is 10.9. The molecular formula is C16H15IO3S. The maximum absolute atomic E-state index is 10.9. The van der Waals surface area contributed by atoms with Crippen LogP contribution in [0.25, 0.3) is 0 Å². The van der Waals surface area contributed by atoms with Crippen molar-refractivity contribution in [2.75, 3.05) is 12.4 Å². The zero-order valence-electron chi connectivity index (χ0n) is 11.5. The quantitative estimate of drug-likeness (QED) is 0.431. The Bertz CT molecular complexity index is 626. The van der Waals surface area contributed by atoms with E-state index in [-0.39, 0.29) is 5.56 Å². The third-order valence-corrected chi connectivity index (χ3v) is 4.68. The summed E-state index contributed by atoms with van der Waals surface area (Å²) in [4.78, 5) is 12.2. The molecule has 21 heavy (non-hydrogen) atoms. The SMILES string of the molecule is Cc1ccc(SCCOc2cc(C(=O)O)ccc2I)cc1. The Morgan fingerprint density at radius 1 is 1.24 bits per heavy atom. The summed E-state index contributed by atoms with van der Waals surface area (Å²) in [6, 6.07) is 13.3. The van der Waals surface area contributed by atoms with Gasteiger partial charge in [-0.1, -0.05) is 17.7 Å². The molecule has 0 radical (unpaired) electrons. The van der Waals surface area contributed by atoms with E-state index in [9.17, 15) is 4.79 Å². The van der Waals surface area contributed by atoms with Crippen molar-refractivity contribution in [3.05, 3.63) is 57.2 Å². The molecule has 0 bridgehead atoms. The highest BCUT2D eigenvalue weighted by molar-refractivity contribution is 14.1. The zero-order chi connectivity index (χ0) is 15.2. The van der Waals surface area contributed by atoms with E-state index in [4.69, 9.17) is 9.84 Å². The van der Waals surface area contributed by atoms with Crippen LogP contribution in [-0.4, -0.2) is 23.4 Å². The number of carbonyl (C=O) groups is 1. The van der Waals surface area contributed by atoms with Crippen molar-refractivity contribution in [3.8, 4) is 5.75 Å². The van der Waals surface area contributed by atoms with Crippen LogP contribution in [0.3, 0.4) is 0 Å². The van der Waals surface area contributed by atoms with Gasteiger partial charge >= 0.3 is 5.97 Å². The van der Waals surface area contributed by atoms with Crippen molar-refractivity contribution in [2.24, 2.45) is 0 Å². The molecule has 0 spiro atoms. The van der Waals surface area contributed by atoms with E-state index in [0.717, 1.165) is 9.32 Å². The smallest absolute Gasteiger partial charge is 0.335 e. The summed E-state index contributed by atoms with van der Waals surface area (Å²) in [7, 11) is 0. The fourth-order valence-electron chi connectivity index (χ4n) is 1.69. The number of thioether (sulfide) groups is 1. The predicted octanol–water partition coefficient (Wildman–Crippen LogP) is 4.47. The molecule has 5 heteroatoms. The summed E-state index contributed by atoms with van der Waals surface area (Å²) >= 11 is 3.86. The second-order valence-electron chi connectivity index (χ2n) is 4.46. The number of benzene rings is 2. The van der Waals surface area contributed by atoms with Crippen LogP contribution in [0.1, 0.15) is 15.9 Å². The first kappa shape index (κ1) is 16.2. The van der Waals surface area contributed by atoms with Crippen molar-refractivity contribution < 1.29 is 14.6 Å². The topological polar surface area (TPSA) is 46.5 Å². The standard InChI is InChI=1S/C16H15IO3S/c1-11-2-5-13(6-3-11)21-9-8-20-15-10-12(16(18)19)4-7-14(15)17/h2-7,10H,8-9H2,1H3,(H,18,19). The van der Waals surface area contributed by atoms with Gasteiger partial charge in [-0.15, -0.1) is 11.8 Å². The van der Waals surface area contributed by atoms with Crippen LogP contribution in [0.5, 0.6) is 5.75 Å². The van der Waals surface area contributed by atoms with Gasteiger partial charge in [0.25, 0.3) is 0 Å². The molecule has 0 unspecified atom stereocenters. The lowest BCUT2D eigenvalue weighted by molar-refractivity contribution is 0.0696. The van der Waals surface area contributed by atoms with Crippen molar-refractivity contribution in [1.82, 2.24) is 0 Å². The molecule has 0 atom stereocenters. The van der Waals surface area contributed by atoms with Crippen molar-refractivity contribution in [3.63, 3.8) is 0 Å². The first-order valence-corrected chi connectivity index (χ1v) is 8.48. The summed E-state index contributed by atoms with van der Waals surface area (Å²) in [5, 5.41) is 8.98.